The predicted octanol–water partition coefficient (Wildman–Crippen LogP) is 3.13. The van der Waals surface area contributed by atoms with Crippen LogP contribution in [0.15, 0.2) is 46.4 Å². The molecule has 0 fully saturated rings. The fourth-order valence-corrected chi connectivity index (χ4v) is 3.22. The molecule has 1 aromatic rings. The minimum absolute atomic E-state index is 0.0117. The third-order valence-electron chi connectivity index (χ3n) is 2.71. The van der Waals surface area contributed by atoms with Gasteiger partial charge in [-0.05, 0) is 41.9 Å². The minimum Gasteiger partial charge on any atom is -0.280 e. The van der Waals surface area contributed by atoms with Crippen LogP contribution in [-0.4, -0.2) is 36.9 Å². The summed E-state index contributed by atoms with van der Waals surface area (Å²) in [7, 11) is -3.84. The summed E-state index contributed by atoms with van der Waals surface area (Å²) in [6.45, 7) is -0.171. The van der Waals surface area contributed by atoms with Crippen LogP contribution in [0.3, 0.4) is 0 Å². The monoisotopic (exact) mass is 354 g/mol. The summed E-state index contributed by atoms with van der Waals surface area (Å²) in [6.07, 6.45) is 1.93. The molecule has 0 N–H and O–H groups in total. The standard InChI is InChI=1S/C12H10Cl2F2N2O2S/c13-9-1-3-10(4-2-9)21(19,20)18-7-5-11(12(14,15)16)17-6-8-18/h1-5,7H,6,8H2. The summed E-state index contributed by atoms with van der Waals surface area (Å²) in [5.74, 6) is 0. The van der Waals surface area contributed by atoms with Gasteiger partial charge in [-0.3, -0.25) is 9.30 Å². The zero-order chi connectivity index (χ0) is 15.7. The van der Waals surface area contributed by atoms with Gasteiger partial charge in [-0.15, -0.1) is 0 Å². The van der Waals surface area contributed by atoms with Crippen molar-refractivity contribution in [1.82, 2.24) is 4.31 Å². The van der Waals surface area contributed by atoms with Crippen LogP contribution in [0, 0.1) is 0 Å². The van der Waals surface area contributed by atoms with Crippen LogP contribution in [0.5, 0.6) is 0 Å². The van der Waals surface area contributed by atoms with Crippen molar-refractivity contribution in [2.45, 2.75) is 10.3 Å². The first-order valence-corrected chi connectivity index (χ1v) is 7.98. The number of halogens is 4. The van der Waals surface area contributed by atoms with Crippen molar-refractivity contribution in [3.63, 3.8) is 0 Å². The van der Waals surface area contributed by atoms with Crippen LogP contribution in [0.4, 0.5) is 8.78 Å². The van der Waals surface area contributed by atoms with Crippen molar-refractivity contribution in [3.05, 3.63) is 41.6 Å². The van der Waals surface area contributed by atoms with Gasteiger partial charge in [-0.1, -0.05) is 11.6 Å². The second-order valence-electron chi connectivity index (χ2n) is 4.15. The summed E-state index contributed by atoms with van der Waals surface area (Å²) >= 11 is 10.6. The van der Waals surface area contributed by atoms with E-state index in [1.807, 2.05) is 0 Å². The van der Waals surface area contributed by atoms with Gasteiger partial charge in [0.2, 0.25) is 0 Å². The van der Waals surface area contributed by atoms with Gasteiger partial charge < -0.3 is 0 Å². The van der Waals surface area contributed by atoms with E-state index in [9.17, 15) is 17.2 Å². The number of benzene rings is 1. The van der Waals surface area contributed by atoms with E-state index in [1.165, 1.54) is 24.3 Å². The zero-order valence-corrected chi connectivity index (χ0v) is 12.8. The van der Waals surface area contributed by atoms with E-state index in [2.05, 4.69) is 4.99 Å². The highest BCUT2D eigenvalue weighted by molar-refractivity contribution is 7.89. The molecule has 1 aliphatic rings. The lowest BCUT2D eigenvalue weighted by molar-refractivity contribution is 0.176. The molecule has 114 valence electrons. The third kappa shape index (κ3) is 3.72. The molecule has 0 aromatic heterocycles. The maximum Gasteiger partial charge on any atom is 0.364 e. The lowest BCUT2D eigenvalue weighted by Gasteiger charge is -2.18. The normalized spacial score (nSPS) is 16.6. The van der Waals surface area contributed by atoms with Crippen molar-refractivity contribution in [2.75, 3.05) is 13.1 Å². The van der Waals surface area contributed by atoms with Crippen molar-refractivity contribution >= 4 is 38.9 Å². The van der Waals surface area contributed by atoms with Gasteiger partial charge in [0.05, 0.1) is 18.0 Å². The van der Waals surface area contributed by atoms with Gasteiger partial charge in [0.1, 0.15) is 5.71 Å². The molecule has 0 spiro atoms. The fraction of sp³-hybridized carbons (Fsp3) is 0.250. The largest absolute Gasteiger partial charge is 0.364 e. The predicted molar refractivity (Wildman–Crippen MR) is 77.6 cm³/mol. The molecule has 0 radical (unpaired) electrons. The molecule has 1 aliphatic heterocycles. The first-order valence-electron chi connectivity index (χ1n) is 5.78. The van der Waals surface area contributed by atoms with Gasteiger partial charge >= 0.3 is 5.38 Å². The van der Waals surface area contributed by atoms with Gasteiger partial charge in [0.15, 0.2) is 0 Å². The minimum atomic E-state index is -3.84. The van der Waals surface area contributed by atoms with Crippen LogP contribution in [0.1, 0.15) is 0 Å². The molecular formula is C12H10Cl2F2N2O2S. The van der Waals surface area contributed by atoms with E-state index in [1.54, 1.807) is 0 Å². The number of alkyl halides is 3. The number of sulfonamides is 1. The van der Waals surface area contributed by atoms with Crippen molar-refractivity contribution in [2.24, 2.45) is 4.99 Å². The topological polar surface area (TPSA) is 49.7 Å². The van der Waals surface area contributed by atoms with Crippen LogP contribution in [-0.2, 0) is 10.0 Å². The maximum atomic E-state index is 13.0. The number of aliphatic imine (C=N–C) groups is 1. The Balaban J connectivity index is 2.29. The number of nitrogens with zero attached hydrogens (tertiary/aromatic N) is 2. The Bertz CT molecular complexity index is 682. The van der Waals surface area contributed by atoms with Gasteiger partial charge in [0.25, 0.3) is 10.0 Å². The lowest BCUT2D eigenvalue weighted by Crippen LogP contribution is -2.27. The first kappa shape index (κ1) is 16.2. The zero-order valence-electron chi connectivity index (χ0n) is 10.5. The summed E-state index contributed by atoms with van der Waals surface area (Å²) in [6, 6.07) is 5.55. The van der Waals surface area contributed by atoms with Crippen LogP contribution in [0.25, 0.3) is 0 Å². The lowest BCUT2D eigenvalue weighted by atomic mass is 10.4. The molecule has 1 heterocycles. The quantitative estimate of drug-likeness (QED) is 0.783. The molecule has 0 amide bonds. The Hall–Kier alpha value is -1.18. The summed E-state index contributed by atoms with van der Waals surface area (Å²) in [5, 5.41) is -3.23. The molecule has 0 atom stereocenters. The Kier molecular flexibility index (Phi) is 4.55. The van der Waals surface area contributed by atoms with E-state index in [4.69, 9.17) is 23.2 Å². The molecule has 0 saturated carbocycles. The molecule has 1 aromatic carbocycles. The average molecular weight is 355 g/mol. The van der Waals surface area contributed by atoms with Crippen LogP contribution >= 0.6 is 23.2 Å². The van der Waals surface area contributed by atoms with Gasteiger partial charge in [-0.25, -0.2) is 8.42 Å². The second-order valence-corrected chi connectivity index (χ2v) is 6.95. The molecule has 2 rings (SSSR count). The molecule has 0 aliphatic carbocycles. The first-order chi connectivity index (χ1) is 9.71. The number of rotatable bonds is 3. The smallest absolute Gasteiger partial charge is 0.280 e. The Morgan fingerprint density at radius 3 is 2.43 bits per heavy atom. The van der Waals surface area contributed by atoms with Crippen molar-refractivity contribution in [1.29, 1.82) is 0 Å². The maximum absolute atomic E-state index is 13.0. The molecule has 9 heteroatoms. The van der Waals surface area contributed by atoms with Crippen molar-refractivity contribution in [3.8, 4) is 0 Å². The Labute approximate surface area is 130 Å². The van der Waals surface area contributed by atoms with Gasteiger partial charge in [0, 0.05) is 11.2 Å². The molecule has 0 saturated heterocycles. The Morgan fingerprint density at radius 2 is 1.86 bits per heavy atom. The van der Waals surface area contributed by atoms with E-state index in [0.717, 1.165) is 16.6 Å². The number of hydrogen-bond donors (Lipinski definition) is 0. The molecule has 21 heavy (non-hydrogen) atoms. The molecular weight excluding hydrogens is 345 g/mol. The highest BCUT2D eigenvalue weighted by Crippen LogP contribution is 2.24. The fourth-order valence-electron chi connectivity index (χ4n) is 1.68. The summed E-state index contributed by atoms with van der Waals surface area (Å²) < 4.78 is 51.6. The van der Waals surface area contributed by atoms with Gasteiger partial charge in [-0.2, -0.15) is 8.78 Å². The molecule has 0 unspecified atom stereocenters. The summed E-state index contributed by atoms with van der Waals surface area (Å²) in [4.78, 5) is 3.60. The SMILES string of the molecule is O=S(=O)(c1ccc(Cl)cc1)N1C=CC(C(F)(F)Cl)=NCC1. The average Bonchev–Trinajstić information content (AvgIpc) is 2.64. The summed E-state index contributed by atoms with van der Waals surface area (Å²) in [5.41, 5.74) is -0.669. The van der Waals surface area contributed by atoms with E-state index in [0.29, 0.717) is 5.02 Å². The third-order valence-corrected chi connectivity index (χ3v) is 4.95. The Morgan fingerprint density at radius 1 is 1.24 bits per heavy atom. The van der Waals surface area contributed by atoms with Crippen LogP contribution < -0.4 is 0 Å². The molecule has 4 nitrogen and oxygen atoms in total. The van der Waals surface area contributed by atoms with E-state index < -0.39 is 21.1 Å². The van der Waals surface area contributed by atoms with E-state index in [-0.39, 0.29) is 18.0 Å². The molecule has 0 bridgehead atoms. The van der Waals surface area contributed by atoms with Crippen LogP contribution in [0.2, 0.25) is 5.02 Å². The van der Waals surface area contributed by atoms with Crippen molar-refractivity contribution < 1.29 is 17.2 Å². The highest BCUT2D eigenvalue weighted by atomic mass is 35.5. The van der Waals surface area contributed by atoms with E-state index >= 15 is 0 Å². The second kappa shape index (κ2) is 5.90. The highest BCUT2D eigenvalue weighted by Gasteiger charge is 2.32. The number of allylic oxidation sites excluding steroid dienone is 1. The number of hydrogen-bond acceptors (Lipinski definition) is 3.